The molecule has 0 bridgehead atoms. The molecule has 2 aromatic carbocycles. The molecule has 3 rings (SSSR count). The highest BCUT2D eigenvalue weighted by molar-refractivity contribution is 6.06. The molecule has 0 N–H and O–H groups in total. The molecule has 0 aliphatic carbocycles. The topological polar surface area (TPSA) is 22.1 Å². The van der Waals surface area contributed by atoms with Crippen LogP contribution in [0.3, 0.4) is 0 Å². The lowest BCUT2D eigenvalue weighted by Gasteiger charge is -2.08. The third-order valence-electron chi connectivity index (χ3n) is 3.00. The van der Waals surface area contributed by atoms with Gasteiger partial charge in [0.2, 0.25) is 0 Å². The summed E-state index contributed by atoms with van der Waals surface area (Å²) >= 11 is 0. The number of methoxy groups -OCH3 is 1. The van der Waals surface area contributed by atoms with Crippen molar-refractivity contribution in [3.05, 3.63) is 54.2 Å². The Kier molecular flexibility index (Phi) is 2.50. The zero-order chi connectivity index (χ0) is 11.7. The number of nitrogens with zero attached hydrogens (tertiary/aromatic N) is 1. The van der Waals surface area contributed by atoms with Crippen LogP contribution >= 0.6 is 0 Å². The Hall–Kier alpha value is -1.93. The molecule has 1 aromatic heterocycles. The van der Waals surface area contributed by atoms with Crippen LogP contribution in [-0.4, -0.2) is 12.1 Å². The van der Waals surface area contributed by atoms with Gasteiger partial charge in [-0.15, -0.1) is 0 Å². The van der Waals surface area contributed by atoms with Crippen molar-refractivity contribution in [1.82, 2.24) is 4.98 Å². The first-order valence-electron chi connectivity index (χ1n) is 5.64. The lowest BCUT2D eigenvalue weighted by Crippen LogP contribution is -1.92. The molecule has 1 heterocycles. The fourth-order valence-corrected chi connectivity index (χ4v) is 2.26. The predicted molar refractivity (Wildman–Crippen MR) is 70.0 cm³/mol. The molecule has 17 heavy (non-hydrogen) atoms. The highest BCUT2D eigenvalue weighted by atomic mass is 16.5. The van der Waals surface area contributed by atoms with Gasteiger partial charge in [-0.2, -0.15) is 0 Å². The van der Waals surface area contributed by atoms with Crippen LogP contribution in [0.25, 0.3) is 21.7 Å². The average Bonchev–Trinajstić information content (AvgIpc) is 2.39. The summed E-state index contributed by atoms with van der Waals surface area (Å²) < 4.78 is 5.26. The Morgan fingerprint density at radius 2 is 1.88 bits per heavy atom. The van der Waals surface area contributed by atoms with E-state index in [1.54, 1.807) is 7.11 Å². The fraction of sp³-hybridized carbons (Fsp3) is 0.133. The van der Waals surface area contributed by atoms with Gasteiger partial charge in [-0.3, -0.25) is 4.98 Å². The van der Waals surface area contributed by atoms with Crippen molar-refractivity contribution in [2.24, 2.45) is 0 Å². The van der Waals surface area contributed by atoms with E-state index < -0.39 is 0 Å². The zero-order valence-corrected chi connectivity index (χ0v) is 9.68. The Labute approximate surface area is 99.9 Å². The summed E-state index contributed by atoms with van der Waals surface area (Å²) in [5.74, 6) is 0. The zero-order valence-electron chi connectivity index (χ0n) is 9.68. The smallest absolute Gasteiger partial charge is 0.0783 e. The van der Waals surface area contributed by atoms with Gasteiger partial charge in [0, 0.05) is 24.1 Å². The first kappa shape index (κ1) is 10.2. The van der Waals surface area contributed by atoms with Gasteiger partial charge in [-0.25, -0.2) is 0 Å². The minimum absolute atomic E-state index is 0.618. The minimum atomic E-state index is 0.618. The molecule has 0 fully saturated rings. The molecule has 0 amide bonds. The highest BCUT2D eigenvalue weighted by Gasteiger charge is 2.06. The van der Waals surface area contributed by atoms with Crippen molar-refractivity contribution >= 4 is 21.7 Å². The van der Waals surface area contributed by atoms with Gasteiger partial charge >= 0.3 is 0 Å². The monoisotopic (exact) mass is 223 g/mol. The summed E-state index contributed by atoms with van der Waals surface area (Å²) in [7, 11) is 1.72. The SMILES string of the molecule is COCc1cc2ccccc2c2ncccc12. The molecule has 0 spiro atoms. The molecular formula is C15H13NO. The normalized spacial score (nSPS) is 11.1. The quantitative estimate of drug-likeness (QED) is 0.620. The molecular weight excluding hydrogens is 210 g/mol. The Bertz CT molecular complexity index is 676. The maximum atomic E-state index is 5.26. The summed E-state index contributed by atoms with van der Waals surface area (Å²) in [5, 5.41) is 3.58. The molecule has 0 saturated heterocycles. The van der Waals surface area contributed by atoms with Crippen molar-refractivity contribution in [2.75, 3.05) is 7.11 Å². The van der Waals surface area contributed by atoms with Crippen LogP contribution < -0.4 is 0 Å². The van der Waals surface area contributed by atoms with Crippen LogP contribution in [-0.2, 0) is 11.3 Å². The van der Waals surface area contributed by atoms with E-state index in [9.17, 15) is 0 Å². The molecule has 2 heteroatoms. The van der Waals surface area contributed by atoms with Gasteiger partial charge < -0.3 is 4.74 Å². The van der Waals surface area contributed by atoms with E-state index in [4.69, 9.17) is 4.74 Å². The van der Waals surface area contributed by atoms with Crippen LogP contribution in [0.1, 0.15) is 5.56 Å². The van der Waals surface area contributed by atoms with Gasteiger partial charge in [0.15, 0.2) is 0 Å². The summed E-state index contributed by atoms with van der Waals surface area (Å²) in [4.78, 5) is 4.50. The number of fused-ring (bicyclic) bond motifs is 3. The maximum Gasteiger partial charge on any atom is 0.0783 e. The standard InChI is InChI=1S/C15H13NO/c1-17-10-12-9-11-5-2-3-6-13(11)15-14(12)7-4-8-16-15/h2-9H,10H2,1H3. The van der Waals surface area contributed by atoms with E-state index in [1.165, 1.54) is 21.7 Å². The lowest BCUT2D eigenvalue weighted by molar-refractivity contribution is 0.186. The van der Waals surface area contributed by atoms with Gasteiger partial charge in [-0.1, -0.05) is 30.3 Å². The lowest BCUT2D eigenvalue weighted by atomic mass is 10.0. The minimum Gasteiger partial charge on any atom is -0.380 e. The molecule has 2 nitrogen and oxygen atoms in total. The molecule has 0 saturated carbocycles. The largest absolute Gasteiger partial charge is 0.380 e. The number of hydrogen-bond donors (Lipinski definition) is 0. The first-order valence-corrected chi connectivity index (χ1v) is 5.64. The van der Waals surface area contributed by atoms with Gasteiger partial charge in [0.1, 0.15) is 0 Å². The predicted octanol–water partition coefficient (Wildman–Crippen LogP) is 3.53. The van der Waals surface area contributed by atoms with E-state index in [0.29, 0.717) is 6.61 Å². The molecule has 0 unspecified atom stereocenters. The number of ether oxygens (including phenoxy) is 1. The Morgan fingerprint density at radius 1 is 1.06 bits per heavy atom. The van der Waals surface area contributed by atoms with Crippen LogP contribution in [0.4, 0.5) is 0 Å². The van der Waals surface area contributed by atoms with Gasteiger partial charge in [0.25, 0.3) is 0 Å². The summed E-state index contributed by atoms with van der Waals surface area (Å²) in [6.07, 6.45) is 1.84. The number of aromatic nitrogens is 1. The molecule has 84 valence electrons. The summed E-state index contributed by atoms with van der Waals surface area (Å²) in [6, 6.07) is 14.6. The Morgan fingerprint density at radius 3 is 2.76 bits per heavy atom. The van der Waals surface area contributed by atoms with Crippen LogP contribution in [0.5, 0.6) is 0 Å². The van der Waals surface area contributed by atoms with Crippen molar-refractivity contribution < 1.29 is 4.74 Å². The van der Waals surface area contributed by atoms with E-state index in [0.717, 1.165) is 5.52 Å². The molecule has 0 aliphatic heterocycles. The van der Waals surface area contributed by atoms with Crippen molar-refractivity contribution in [2.45, 2.75) is 6.61 Å². The molecule has 0 aliphatic rings. The third kappa shape index (κ3) is 1.67. The van der Waals surface area contributed by atoms with Crippen LogP contribution in [0.2, 0.25) is 0 Å². The highest BCUT2D eigenvalue weighted by Crippen LogP contribution is 2.27. The van der Waals surface area contributed by atoms with Crippen LogP contribution in [0, 0.1) is 0 Å². The number of hydrogen-bond acceptors (Lipinski definition) is 2. The molecule has 0 radical (unpaired) electrons. The van der Waals surface area contributed by atoms with E-state index in [1.807, 2.05) is 24.4 Å². The number of benzene rings is 2. The average molecular weight is 223 g/mol. The second-order valence-electron chi connectivity index (χ2n) is 4.09. The van der Waals surface area contributed by atoms with Crippen molar-refractivity contribution in [1.29, 1.82) is 0 Å². The van der Waals surface area contributed by atoms with E-state index in [2.05, 4.69) is 29.2 Å². The van der Waals surface area contributed by atoms with E-state index >= 15 is 0 Å². The Balaban J connectivity index is 2.45. The van der Waals surface area contributed by atoms with Crippen molar-refractivity contribution in [3.63, 3.8) is 0 Å². The van der Waals surface area contributed by atoms with Gasteiger partial charge in [-0.05, 0) is 23.1 Å². The molecule has 0 atom stereocenters. The number of rotatable bonds is 2. The summed E-state index contributed by atoms with van der Waals surface area (Å²) in [6.45, 7) is 0.618. The fourth-order valence-electron chi connectivity index (χ4n) is 2.26. The van der Waals surface area contributed by atoms with Crippen LogP contribution in [0.15, 0.2) is 48.7 Å². The second-order valence-corrected chi connectivity index (χ2v) is 4.09. The maximum absolute atomic E-state index is 5.26. The third-order valence-corrected chi connectivity index (χ3v) is 3.00. The van der Waals surface area contributed by atoms with Gasteiger partial charge in [0.05, 0.1) is 12.1 Å². The summed E-state index contributed by atoms with van der Waals surface area (Å²) in [5.41, 5.74) is 2.24. The number of pyridine rings is 1. The second kappa shape index (κ2) is 4.15. The molecule has 3 aromatic rings. The first-order chi connectivity index (χ1) is 8.40. The van der Waals surface area contributed by atoms with E-state index in [-0.39, 0.29) is 0 Å². The van der Waals surface area contributed by atoms with Crippen molar-refractivity contribution in [3.8, 4) is 0 Å².